The van der Waals surface area contributed by atoms with Crippen molar-refractivity contribution in [3.8, 4) is 5.75 Å². The zero-order valence-corrected chi connectivity index (χ0v) is 13.9. The molecule has 0 N–H and O–H groups in total. The summed E-state index contributed by atoms with van der Waals surface area (Å²) in [5.41, 5.74) is 0.971. The van der Waals surface area contributed by atoms with Crippen molar-refractivity contribution in [2.75, 3.05) is 0 Å². The highest BCUT2D eigenvalue weighted by Gasteiger charge is 2.12. The monoisotopic (exact) mass is 394 g/mol. The van der Waals surface area contributed by atoms with Crippen molar-refractivity contribution in [2.45, 2.75) is 11.5 Å². The molecule has 2 aromatic rings. The molecule has 0 aliphatic heterocycles. The maximum Gasteiger partial charge on any atom is 0.261 e. The minimum atomic E-state index is -3.79. The Morgan fingerprint density at radius 1 is 1.10 bits per heavy atom. The van der Waals surface area contributed by atoms with Crippen LogP contribution in [0.2, 0.25) is 5.02 Å². The molecule has 7 heteroatoms. The molecule has 0 aromatic heterocycles. The molecule has 0 spiro atoms. The van der Waals surface area contributed by atoms with E-state index in [0.717, 1.165) is 10.0 Å². The second-order valence-electron chi connectivity index (χ2n) is 3.95. The molecule has 0 fully saturated rings. The third kappa shape index (κ3) is 4.12. The Hall–Kier alpha value is -0.750. The fourth-order valence-corrected chi connectivity index (χ4v) is 2.83. The molecule has 106 valence electrons. The molecule has 0 heterocycles. The molecule has 0 bridgehead atoms. The molecule has 3 nitrogen and oxygen atoms in total. The molecule has 0 radical (unpaired) electrons. The van der Waals surface area contributed by atoms with Gasteiger partial charge in [-0.2, -0.15) is 0 Å². The fraction of sp³-hybridized carbons (Fsp3) is 0.0769. The lowest BCUT2D eigenvalue weighted by Gasteiger charge is -2.09. The van der Waals surface area contributed by atoms with Crippen molar-refractivity contribution < 1.29 is 13.2 Å². The first kappa shape index (κ1) is 15.6. The van der Waals surface area contributed by atoms with E-state index in [1.807, 2.05) is 24.3 Å². The fourth-order valence-electron chi connectivity index (χ4n) is 1.49. The van der Waals surface area contributed by atoms with Gasteiger partial charge in [0, 0.05) is 15.2 Å². The summed E-state index contributed by atoms with van der Waals surface area (Å²) in [6.07, 6.45) is 0. The summed E-state index contributed by atoms with van der Waals surface area (Å²) in [4.78, 5) is -0.0554. The van der Waals surface area contributed by atoms with Crippen molar-refractivity contribution in [1.82, 2.24) is 0 Å². The molecule has 0 aliphatic carbocycles. The quantitative estimate of drug-likeness (QED) is 0.710. The summed E-state index contributed by atoms with van der Waals surface area (Å²) in [6.45, 7) is 0.333. The first-order valence-electron chi connectivity index (χ1n) is 5.48. The predicted octanol–water partition coefficient (Wildman–Crippen LogP) is 4.61. The number of hydrogen-bond acceptors (Lipinski definition) is 3. The van der Waals surface area contributed by atoms with Gasteiger partial charge >= 0.3 is 0 Å². The Kier molecular flexibility index (Phi) is 4.96. The van der Waals surface area contributed by atoms with Gasteiger partial charge in [-0.05, 0) is 35.9 Å². The van der Waals surface area contributed by atoms with E-state index in [4.69, 9.17) is 27.0 Å². The summed E-state index contributed by atoms with van der Waals surface area (Å²) in [5, 5.41) is 0.198. The van der Waals surface area contributed by atoms with Gasteiger partial charge in [-0.25, -0.2) is 8.42 Å². The van der Waals surface area contributed by atoms with Crippen LogP contribution in [-0.2, 0) is 15.7 Å². The molecule has 0 aliphatic rings. The Bertz CT molecular complexity index is 715. The van der Waals surface area contributed by atoms with E-state index in [-0.39, 0.29) is 9.92 Å². The predicted molar refractivity (Wildman–Crippen MR) is 83.0 cm³/mol. The van der Waals surface area contributed by atoms with Crippen LogP contribution in [0.25, 0.3) is 0 Å². The van der Waals surface area contributed by atoms with Crippen LogP contribution in [0.5, 0.6) is 5.75 Å². The second-order valence-corrected chi connectivity index (χ2v) is 7.83. The van der Waals surface area contributed by atoms with Gasteiger partial charge in [-0.3, -0.25) is 0 Å². The van der Waals surface area contributed by atoms with E-state index in [9.17, 15) is 8.42 Å². The summed E-state index contributed by atoms with van der Waals surface area (Å²) >= 11 is 9.32. The molecule has 2 rings (SSSR count). The third-order valence-corrected chi connectivity index (χ3v) is 4.67. The lowest BCUT2D eigenvalue weighted by molar-refractivity contribution is 0.306. The van der Waals surface area contributed by atoms with Gasteiger partial charge in [0.1, 0.15) is 12.4 Å². The highest BCUT2D eigenvalue weighted by molar-refractivity contribution is 9.10. The van der Waals surface area contributed by atoms with E-state index < -0.39 is 9.05 Å². The number of ether oxygens (including phenoxy) is 1. The number of benzene rings is 2. The molecule has 0 saturated carbocycles. The summed E-state index contributed by atoms with van der Waals surface area (Å²) < 4.78 is 28.9. The maximum atomic E-state index is 11.2. The Labute approximate surface area is 135 Å². The van der Waals surface area contributed by atoms with Crippen molar-refractivity contribution in [1.29, 1.82) is 0 Å². The first-order valence-corrected chi connectivity index (χ1v) is 8.96. The van der Waals surface area contributed by atoms with E-state index >= 15 is 0 Å². The second kappa shape index (κ2) is 6.35. The van der Waals surface area contributed by atoms with Gasteiger partial charge in [0.2, 0.25) is 0 Å². The highest BCUT2D eigenvalue weighted by atomic mass is 79.9. The minimum absolute atomic E-state index is 0.0554. The Morgan fingerprint density at radius 2 is 1.75 bits per heavy atom. The smallest absolute Gasteiger partial charge is 0.261 e. The molecular formula is C13H9BrCl2O3S. The first-order chi connectivity index (χ1) is 9.36. The van der Waals surface area contributed by atoms with Gasteiger partial charge in [-0.15, -0.1) is 0 Å². The van der Waals surface area contributed by atoms with Crippen LogP contribution in [0.3, 0.4) is 0 Å². The standard InChI is InChI=1S/C13H9BrCl2O3S/c14-10-3-1-9(2-4-10)8-19-13-6-5-11(7-12(13)15)20(16,17)18/h1-7H,8H2. The lowest BCUT2D eigenvalue weighted by Crippen LogP contribution is -1.97. The normalized spacial score (nSPS) is 11.3. The van der Waals surface area contributed by atoms with Crippen LogP contribution in [0, 0.1) is 0 Å². The van der Waals surface area contributed by atoms with Crippen LogP contribution in [-0.4, -0.2) is 8.42 Å². The van der Waals surface area contributed by atoms with Crippen LogP contribution < -0.4 is 4.74 Å². The van der Waals surface area contributed by atoms with E-state index in [0.29, 0.717) is 12.4 Å². The van der Waals surface area contributed by atoms with Crippen LogP contribution in [0.4, 0.5) is 0 Å². The SMILES string of the molecule is O=S(=O)(Cl)c1ccc(OCc2ccc(Br)cc2)c(Cl)c1. The van der Waals surface area contributed by atoms with Crippen molar-refractivity contribution in [2.24, 2.45) is 0 Å². The zero-order valence-electron chi connectivity index (χ0n) is 10.0. The Balaban J connectivity index is 2.12. The average Bonchev–Trinajstić information content (AvgIpc) is 2.38. The van der Waals surface area contributed by atoms with Crippen LogP contribution in [0.15, 0.2) is 51.8 Å². The molecule has 0 saturated heterocycles. The Morgan fingerprint density at radius 3 is 2.30 bits per heavy atom. The van der Waals surface area contributed by atoms with Gasteiger partial charge < -0.3 is 4.74 Å². The zero-order chi connectivity index (χ0) is 14.8. The minimum Gasteiger partial charge on any atom is -0.487 e. The van der Waals surface area contributed by atoms with Crippen LogP contribution >= 0.6 is 38.2 Å². The molecule has 20 heavy (non-hydrogen) atoms. The highest BCUT2D eigenvalue weighted by Crippen LogP contribution is 2.29. The van der Waals surface area contributed by atoms with Gasteiger partial charge in [0.05, 0.1) is 9.92 Å². The summed E-state index contributed by atoms with van der Waals surface area (Å²) in [5.74, 6) is 0.402. The van der Waals surface area contributed by atoms with E-state index in [1.54, 1.807) is 0 Å². The average molecular weight is 396 g/mol. The number of halogens is 3. The molecular weight excluding hydrogens is 387 g/mol. The van der Waals surface area contributed by atoms with Gasteiger partial charge in [0.15, 0.2) is 0 Å². The summed E-state index contributed by atoms with van der Waals surface area (Å²) in [7, 11) is 1.45. The summed E-state index contributed by atoms with van der Waals surface area (Å²) in [6, 6.07) is 11.7. The molecule has 0 atom stereocenters. The topological polar surface area (TPSA) is 43.4 Å². The van der Waals surface area contributed by atoms with Gasteiger partial charge in [-0.1, -0.05) is 39.7 Å². The largest absolute Gasteiger partial charge is 0.487 e. The molecule has 0 amide bonds. The van der Waals surface area contributed by atoms with Crippen molar-refractivity contribution in [3.63, 3.8) is 0 Å². The van der Waals surface area contributed by atoms with Crippen molar-refractivity contribution in [3.05, 3.63) is 57.5 Å². The maximum absolute atomic E-state index is 11.2. The van der Waals surface area contributed by atoms with Crippen molar-refractivity contribution >= 4 is 47.3 Å². The van der Waals surface area contributed by atoms with Crippen LogP contribution in [0.1, 0.15) is 5.56 Å². The van der Waals surface area contributed by atoms with Gasteiger partial charge in [0.25, 0.3) is 9.05 Å². The molecule has 2 aromatic carbocycles. The molecule has 0 unspecified atom stereocenters. The van der Waals surface area contributed by atoms with E-state index in [2.05, 4.69) is 15.9 Å². The lowest BCUT2D eigenvalue weighted by atomic mass is 10.2. The third-order valence-electron chi connectivity index (χ3n) is 2.49. The van der Waals surface area contributed by atoms with E-state index in [1.165, 1.54) is 18.2 Å². The number of hydrogen-bond donors (Lipinski definition) is 0. The number of rotatable bonds is 4.